The van der Waals surface area contributed by atoms with Crippen LogP contribution in [0, 0.1) is 0 Å². The van der Waals surface area contributed by atoms with Crippen molar-refractivity contribution in [2.45, 2.75) is 38.5 Å². The predicted molar refractivity (Wildman–Crippen MR) is 390 cm³/mol. The Morgan fingerprint density at radius 1 is 0.207 bits per heavy atom. The highest BCUT2D eigenvalue weighted by atomic mass is 15.2. The number of hydrogen-bond acceptors (Lipinski definition) is 4. The zero-order valence-corrected chi connectivity index (χ0v) is 52.0. The molecule has 15 aromatic rings. The Labute approximate surface area is 538 Å². The van der Waals surface area contributed by atoms with Gasteiger partial charge in [-0.3, -0.25) is 0 Å². The second-order valence-corrected chi connectivity index (χ2v) is 25.8. The van der Waals surface area contributed by atoms with Crippen LogP contribution in [0.4, 0.5) is 68.2 Å². The van der Waals surface area contributed by atoms with Crippen LogP contribution in [0.15, 0.2) is 328 Å². The van der Waals surface area contributed by atoms with Crippen LogP contribution in [0.1, 0.15) is 49.9 Å². The van der Waals surface area contributed by atoms with Crippen LogP contribution in [-0.4, -0.2) is 0 Å². The van der Waals surface area contributed by atoms with Gasteiger partial charge < -0.3 is 19.6 Å². The highest BCUT2D eigenvalue weighted by molar-refractivity contribution is 6.04. The monoisotopic (exact) mass is 1180 g/mol. The number of rotatable bonds is 10. The molecule has 0 fully saturated rings. The molecule has 2 heterocycles. The van der Waals surface area contributed by atoms with Gasteiger partial charge in [-0.05, 0) is 192 Å². The maximum absolute atomic E-state index is 2.51. The van der Waals surface area contributed by atoms with Crippen molar-refractivity contribution in [3.8, 4) is 22.3 Å². The van der Waals surface area contributed by atoms with Gasteiger partial charge in [0, 0.05) is 55.7 Å². The minimum atomic E-state index is -0.371. The number of nitrogens with zero attached hydrogens (tertiary/aromatic N) is 4. The molecule has 0 aliphatic carbocycles. The zero-order chi connectivity index (χ0) is 61.7. The van der Waals surface area contributed by atoms with E-state index in [9.17, 15) is 0 Å². The fourth-order valence-corrected chi connectivity index (χ4v) is 15.0. The summed E-state index contributed by atoms with van der Waals surface area (Å²) < 4.78 is 0. The molecule has 0 bridgehead atoms. The maximum Gasteiger partial charge on any atom is 0.0540 e. The molecule has 0 saturated carbocycles. The van der Waals surface area contributed by atoms with E-state index in [4.69, 9.17) is 0 Å². The van der Waals surface area contributed by atoms with Crippen LogP contribution < -0.4 is 19.6 Å². The molecule has 15 aromatic carbocycles. The van der Waals surface area contributed by atoms with Gasteiger partial charge in [0.2, 0.25) is 0 Å². The summed E-state index contributed by atoms with van der Waals surface area (Å²) in [5, 5.41) is 9.69. The van der Waals surface area contributed by atoms with E-state index in [0.717, 1.165) is 50.9 Å². The van der Waals surface area contributed by atoms with E-state index < -0.39 is 0 Å². The Hall–Kier alpha value is -11.5. The van der Waals surface area contributed by atoms with Gasteiger partial charge in [0.25, 0.3) is 0 Å². The average Bonchev–Trinajstić information content (AvgIpc) is 0.727. The molecule has 2 aliphatic heterocycles. The average molecular weight is 1180 g/mol. The second kappa shape index (κ2) is 21.7. The van der Waals surface area contributed by atoms with Crippen LogP contribution in [0.2, 0.25) is 0 Å². The summed E-state index contributed by atoms with van der Waals surface area (Å²) in [5.74, 6) is 0. The highest BCUT2D eigenvalue weighted by Crippen LogP contribution is 2.57. The van der Waals surface area contributed by atoms with E-state index in [1.54, 1.807) is 0 Å². The first-order chi connectivity index (χ1) is 45.1. The molecule has 0 aromatic heterocycles. The molecular formula is C88H66N4. The van der Waals surface area contributed by atoms with Gasteiger partial charge in [-0.1, -0.05) is 240 Å². The van der Waals surface area contributed by atoms with Gasteiger partial charge >= 0.3 is 0 Å². The molecule has 0 radical (unpaired) electrons. The SMILES string of the molecule is CC1(C)c2ccccc2N(c2cccc3ccccc23)c2ccc(N(c3ccc(-c4ccc(N(c5ccc6c(c5)C(C)(C)c5cc(-c7ccccc7)ccc5N6c5cccc6ccccc56)c5ccc6ccccc6c5)cc4)cc3)c3ccc4ccccc4c3)cc21. The lowest BCUT2D eigenvalue weighted by molar-refractivity contribution is 0.632. The second-order valence-electron chi connectivity index (χ2n) is 25.8. The molecular weight excluding hydrogens is 1110 g/mol. The Morgan fingerprint density at radius 3 is 1.04 bits per heavy atom. The molecule has 0 amide bonds. The first kappa shape index (κ1) is 54.7. The van der Waals surface area contributed by atoms with E-state index in [1.165, 1.54) is 105 Å². The van der Waals surface area contributed by atoms with Gasteiger partial charge in [-0.2, -0.15) is 0 Å². The molecule has 0 atom stereocenters. The Kier molecular flexibility index (Phi) is 12.9. The maximum atomic E-state index is 2.51. The van der Waals surface area contributed by atoms with Crippen LogP contribution in [0.5, 0.6) is 0 Å². The van der Waals surface area contributed by atoms with Gasteiger partial charge in [-0.25, -0.2) is 0 Å². The molecule has 4 nitrogen and oxygen atoms in total. The first-order valence-electron chi connectivity index (χ1n) is 32.1. The molecule has 0 unspecified atom stereocenters. The first-order valence-corrected chi connectivity index (χ1v) is 32.1. The van der Waals surface area contributed by atoms with Crippen molar-refractivity contribution in [1.82, 2.24) is 0 Å². The normalized spacial score (nSPS) is 13.6. The van der Waals surface area contributed by atoms with E-state index in [-0.39, 0.29) is 10.8 Å². The van der Waals surface area contributed by atoms with Gasteiger partial charge in [-0.15, -0.1) is 0 Å². The van der Waals surface area contributed by atoms with Crippen molar-refractivity contribution >= 4 is 111 Å². The van der Waals surface area contributed by atoms with Crippen molar-refractivity contribution in [1.29, 1.82) is 0 Å². The summed E-state index contributed by atoms with van der Waals surface area (Å²) in [5.41, 5.74) is 22.8. The number of para-hydroxylation sites is 1. The van der Waals surface area contributed by atoms with Gasteiger partial charge in [0.15, 0.2) is 0 Å². The molecule has 4 heteroatoms. The standard InChI is InChI=1S/C88H66N4/c1-87(2)77-32-16-17-33-83(77)91(81-34-18-28-64-24-12-14-30-75(64)81)85-52-49-73(57-79(85)87)89(71-47-40-60-22-8-10-26-66(60)54-71)69-43-36-62(37-44-69)63-38-45-70(46-39-63)90(72-48-41-61-23-9-11-27-67(61)55-72)74-50-53-86-80(58-74)88(3,4)78-56-68(59-20-6-5-7-21-59)42-51-84(78)92(86)82-35-19-29-65-25-13-15-31-76(65)82/h5-58H,1-4H3. The predicted octanol–water partition coefficient (Wildman–Crippen LogP) is 24.8. The Balaban J connectivity index is 0.764. The summed E-state index contributed by atoms with van der Waals surface area (Å²) in [4.78, 5) is 9.86. The summed E-state index contributed by atoms with van der Waals surface area (Å²) in [7, 11) is 0. The third-order valence-corrected chi connectivity index (χ3v) is 19.7. The Morgan fingerprint density at radius 2 is 0.533 bits per heavy atom. The van der Waals surface area contributed by atoms with Crippen molar-refractivity contribution in [2.75, 3.05) is 19.6 Å². The summed E-state index contributed by atoms with van der Waals surface area (Å²) >= 11 is 0. The number of benzene rings is 15. The number of fused-ring (bicyclic) bond motifs is 8. The quantitative estimate of drug-likeness (QED) is 0.135. The van der Waals surface area contributed by atoms with E-state index >= 15 is 0 Å². The molecule has 0 saturated heterocycles. The van der Waals surface area contributed by atoms with Crippen molar-refractivity contribution in [2.24, 2.45) is 0 Å². The van der Waals surface area contributed by atoms with Crippen LogP contribution >= 0.6 is 0 Å². The molecule has 438 valence electrons. The molecule has 17 rings (SSSR count). The summed E-state index contributed by atoms with van der Waals surface area (Å²) in [6.07, 6.45) is 0. The van der Waals surface area contributed by atoms with Crippen molar-refractivity contribution in [3.05, 3.63) is 350 Å². The van der Waals surface area contributed by atoms with E-state index in [2.05, 4.69) is 375 Å². The van der Waals surface area contributed by atoms with Gasteiger partial charge in [0.05, 0.1) is 34.1 Å². The molecule has 2 aliphatic rings. The summed E-state index contributed by atoms with van der Waals surface area (Å²) in [6, 6.07) is 121. The number of hydrogen-bond donors (Lipinski definition) is 0. The lowest BCUT2D eigenvalue weighted by Crippen LogP contribution is -2.31. The van der Waals surface area contributed by atoms with Crippen LogP contribution in [-0.2, 0) is 10.8 Å². The van der Waals surface area contributed by atoms with Crippen LogP contribution in [0.25, 0.3) is 65.3 Å². The summed E-state index contributed by atoms with van der Waals surface area (Å²) in [6.45, 7) is 9.56. The molecule has 92 heavy (non-hydrogen) atoms. The third-order valence-electron chi connectivity index (χ3n) is 19.7. The van der Waals surface area contributed by atoms with E-state index in [1.807, 2.05) is 0 Å². The lowest BCUT2D eigenvalue weighted by atomic mass is 9.72. The minimum absolute atomic E-state index is 0.298. The van der Waals surface area contributed by atoms with Crippen LogP contribution in [0.3, 0.4) is 0 Å². The van der Waals surface area contributed by atoms with Crippen molar-refractivity contribution in [3.63, 3.8) is 0 Å². The zero-order valence-electron chi connectivity index (χ0n) is 52.0. The minimum Gasteiger partial charge on any atom is -0.310 e. The molecule has 0 spiro atoms. The fourth-order valence-electron chi connectivity index (χ4n) is 15.0. The topological polar surface area (TPSA) is 13.0 Å². The third kappa shape index (κ3) is 9.04. The largest absolute Gasteiger partial charge is 0.310 e. The smallest absolute Gasteiger partial charge is 0.0540 e. The lowest BCUT2D eigenvalue weighted by Gasteiger charge is -2.43. The highest BCUT2D eigenvalue weighted by Gasteiger charge is 2.40. The number of anilines is 12. The van der Waals surface area contributed by atoms with Gasteiger partial charge in [0.1, 0.15) is 0 Å². The van der Waals surface area contributed by atoms with Crippen molar-refractivity contribution < 1.29 is 0 Å². The fraction of sp³-hybridized carbons (Fsp3) is 0.0682. The molecule has 0 N–H and O–H groups in total. The Bertz CT molecular complexity index is 5360. The van der Waals surface area contributed by atoms with E-state index in [0.29, 0.717) is 0 Å².